The van der Waals surface area contributed by atoms with E-state index in [9.17, 15) is 9.90 Å². The van der Waals surface area contributed by atoms with Gasteiger partial charge >= 0.3 is 5.97 Å². The van der Waals surface area contributed by atoms with E-state index in [0.717, 1.165) is 5.19 Å². The molecular formula is C29H54O6Si3. The molecule has 0 spiro atoms. The van der Waals surface area contributed by atoms with Crippen LogP contribution in [0.15, 0.2) is 12.1 Å². The number of phenolic OH excluding ortho intramolecular Hbond substituents is 1. The van der Waals surface area contributed by atoms with Gasteiger partial charge in [0, 0.05) is 18.9 Å². The minimum absolute atomic E-state index is 0.0334. The van der Waals surface area contributed by atoms with Gasteiger partial charge in [-0.05, 0) is 60.5 Å². The Morgan fingerprint density at radius 1 is 0.921 bits per heavy atom. The average molecular weight is 583 g/mol. The molecule has 218 valence electrons. The molecule has 1 aliphatic rings. The average Bonchev–Trinajstić information content (AvgIpc) is 2.68. The molecule has 1 aromatic carbocycles. The Morgan fingerprint density at radius 3 is 1.87 bits per heavy atom. The lowest BCUT2D eigenvalue weighted by Gasteiger charge is -2.50. The van der Waals surface area contributed by atoms with E-state index < -0.39 is 36.8 Å². The third-order valence-corrected chi connectivity index (χ3v) is 19.7. The van der Waals surface area contributed by atoms with E-state index in [1.54, 1.807) is 6.07 Å². The van der Waals surface area contributed by atoms with Gasteiger partial charge in [0.25, 0.3) is 0 Å². The van der Waals surface area contributed by atoms with E-state index in [4.69, 9.17) is 18.3 Å². The van der Waals surface area contributed by atoms with Gasteiger partial charge in [0.15, 0.2) is 16.6 Å². The van der Waals surface area contributed by atoms with Crippen molar-refractivity contribution in [2.45, 2.75) is 142 Å². The van der Waals surface area contributed by atoms with Crippen molar-refractivity contribution in [2.75, 3.05) is 0 Å². The number of hydrogen-bond donors (Lipinski definition) is 1. The summed E-state index contributed by atoms with van der Waals surface area (Å²) < 4.78 is 26.4. The van der Waals surface area contributed by atoms with Crippen molar-refractivity contribution in [1.29, 1.82) is 0 Å². The molecule has 1 saturated heterocycles. The fraction of sp³-hybridized carbons (Fsp3) is 0.759. The van der Waals surface area contributed by atoms with Crippen molar-refractivity contribution in [3.8, 4) is 11.5 Å². The zero-order chi connectivity index (χ0) is 29.6. The molecule has 1 aromatic rings. The Labute approximate surface area is 235 Å². The van der Waals surface area contributed by atoms with Crippen molar-refractivity contribution in [2.24, 2.45) is 0 Å². The van der Waals surface area contributed by atoms with Gasteiger partial charge in [0.2, 0.25) is 0 Å². The predicted octanol–water partition coefficient (Wildman–Crippen LogP) is 7.49. The highest BCUT2D eigenvalue weighted by molar-refractivity contribution is 6.89. The van der Waals surface area contributed by atoms with Gasteiger partial charge in [0.05, 0.1) is 32.5 Å². The Morgan fingerprint density at radius 2 is 1.42 bits per heavy atom. The number of benzene rings is 1. The first-order chi connectivity index (χ1) is 16.9. The summed E-state index contributed by atoms with van der Waals surface area (Å²) in [5.41, 5.74) is 0.682. The quantitative estimate of drug-likeness (QED) is 0.204. The molecule has 4 atom stereocenters. The van der Waals surface area contributed by atoms with E-state index >= 15 is 0 Å². The smallest absolute Gasteiger partial charge is 0.308 e. The standard InChI is InChI=1S/C29H54O6Si3/c1-19-27(35-38(14,15)29(6,7)8)25(34-37(12,13)28(3,4)5)17-23(32-19)21-16-22(31)26(36(9,10)11)18-24(21)33-20(2)30/h16,18-19,23,25,27,31H,17H2,1-15H3/t19-,23-,25-,27-/m1/s1. The molecule has 2 rings (SSSR count). The van der Waals surface area contributed by atoms with Gasteiger partial charge in [-0.3, -0.25) is 4.79 Å². The zero-order valence-electron chi connectivity index (χ0n) is 26.7. The SMILES string of the molecule is CC(=O)Oc1cc([Si](C)(C)C)c(O)cc1[C@H]1C[C@@H](O[Si](C)(C)C(C)(C)C)[C@H](O[Si](C)(C)C(C)(C)C)[C@@H](C)O1. The van der Waals surface area contributed by atoms with Gasteiger partial charge < -0.3 is 23.4 Å². The number of esters is 1. The topological polar surface area (TPSA) is 74.2 Å². The fourth-order valence-corrected chi connectivity index (χ4v) is 8.40. The zero-order valence-corrected chi connectivity index (χ0v) is 29.7. The van der Waals surface area contributed by atoms with Crippen LogP contribution in [0.4, 0.5) is 0 Å². The Bertz CT molecular complexity index is 1000. The Balaban J connectivity index is 2.60. The third kappa shape index (κ3) is 7.60. The van der Waals surface area contributed by atoms with Gasteiger partial charge in [-0.1, -0.05) is 61.2 Å². The van der Waals surface area contributed by atoms with Crippen molar-refractivity contribution in [3.05, 3.63) is 17.7 Å². The third-order valence-electron chi connectivity index (χ3n) is 8.68. The highest BCUT2D eigenvalue weighted by Crippen LogP contribution is 2.46. The molecule has 0 amide bonds. The monoisotopic (exact) mass is 582 g/mol. The van der Waals surface area contributed by atoms with E-state index in [1.807, 2.05) is 13.0 Å². The lowest BCUT2D eigenvalue weighted by Crippen LogP contribution is -2.57. The second-order valence-electron chi connectivity index (χ2n) is 15.1. The van der Waals surface area contributed by atoms with Gasteiger partial charge in [-0.25, -0.2) is 0 Å². The van der Waals surface area contributed by atoms with E-state index in [2.05, 4.69) is 87.4 Å². The molecule has 6 nitrogen and oxygen atoms in total. The summed E-state index contributed by atoms with van der Waals surface area (Å²) in [4.78, 5) is 12.1. The van der Waals surface area contributed by atoms with E-state index in [-0.39, 0.29) is 34.1 Å². The number of rotatable bonds is 7. The van der Waals surface area contributed by atoms with Crippen LogP contribution >= 0.6 is 0 Å². The van der Waals surface area contributed by atoms with Crippen LogP contribution in [0.5, 0.6) is 11.5 Å². The van der Waals surface area contributed by atoms with Crippen LogP contribution in [0.3, 0.4) is 0 Å². The number of carbonyl (C=O) groups excluding carboxylic acids is 1. The van der Waals surface area contributed by atoms with Crippen molar-refractivity contribution < 1.29 is 28.2 Å². The molecule has 0 radical (unpaired) electrons. The van der Waals surface area contributed by atoms with E-state index in [0.29, 0.717) is 17.7 Å². The summed E-state index contributed by atoms with van der Waals surface area (Å²) in [5, 5.41) is 12.0. The maximum absolute atomic E-state index is 12.1. The first kappa shape index (κ1) is 33.2. The number of carbonyl (C=O) groups is 1. The largest absolute Gasteiger partial charge is 0.508 e. The summed E-state index contributed by atoms with van der Waals surface area (Å²) in [6, 6.07) is 3.58. The summed E-state index contributed by atoms with van der Waals surface area (Å²) in [6.45, 7) is 32.5. The van der Waals surface area contributed by atoms with Crippen LogP contribution in [0.1, 0.15) is 73.5 Å². The Kier molecular flexibility index (Phi) is 9.73. The van der Waals surface area contributed by atoms with Crippen LogP contribution in [-0.4, -0.2) is 54.1 Å². The molecule has 1 heterocycles. The molecule has 1 N–H and O–H groups in total. The predicted molar refractivity (Wildman–Crippen MR) is 164 cm³/mol. The van der Waals surface area contributed by atoms with Gasteiger partial charge in [-0.2, -0.15) is 0 Å². The molecule has 0 aliphatic carbocycles. The molecular weight excluding hydrogens is 529 g/mol. The summed E-state index contributed by atoms with van der Waals surface area (Å²) >= 11 is 0. The summed E-state index contributed by atoms with van der Waals surface area (Å²) in [6.07, 6.45) is -0.511. The molecule has 0 saturated carbocycles. The number of ether oxygens (including phenoxy) is 2. The minimum Gasteiger partial charge on any atom is -0.508 e. The van der Waals surface area contributed by atoms with Crippen LogP contribution in [0.25, 0.3) is 0 Å². The van der Waals surface area contributed by atoms with Crippen LogP contribution in [0.2, 0.25) is 55.9 Å². The van der Waals surface area contributed by atoms with E-state index in [1.165, 1.54) is 6.92 Å². The van der Waals surface area contributed by atoms with Gasteiger partial charge in [0.1, 0.15) is 11.5 Å². The van der Waals surface area contributed by atoms with Crippen molar-refractivity contribution in [3.63, 3.8) is 0 Å². The van der Waals surface area contributed by atoms with Crippen LogP contribution in [-0.2, 0) is 18.4 Å². The van der Waals surface area contributed by atoms with Crippen molar-refractivity contribution in [1.82, 2.24) is 0 Å². The summed E-state index contributed by atoms with van der Waals surface area (Å²) in [7, 11) is -6.15. The molecule has 0 unspecified atom stereocenters. The second-order valence-corrected chi connectivity index (χ2v) is 29.6. The van der Waals surface area contributed by atoms with Crippen LogP contribution in [0, 0.1) is 0 Å². The molecule has 1 aliphatic heterocycles. The molecule has 9 heteroatoms. The molecule has 0 bridgehead atoms. The van der Waals surface area contributed by atoms with Crippen molar-refractivity contribution >= 4 is 35.9 Å². The first-order valence-corrected chi connectivity index (χ1v) is 23.3. The molecule has 0 aromatic heterocycles. The second kappa shape index (κ2) is 11.1. The number of aromatic hydroxyl groups is 1. The van der Waals surface area contributed by atoms with Crippen LogP contribution < -0.4 is 9.92 Å². The maximum atomic E-state index is 12.1. The maximum Gasteiger partial charge on any atom is 0.308 e. The first-order valence-electron chi connectivity index (χ1n) is 13.9. The number of phenols is 1. The lowest BCUT2D eigenvalue weighted by molar-refractivity contribution is -0.154. The minimum atomic E-state index is -2.15. The highest BCUT2D eigenvalue weighted by atomic mass is 28.4. The molecule has 38 heavy (non-hydrogen) atoms. The number of hydrogen-bond acceptors (Lipinski definition) is 6. The fourth-order valence-electron chi connectivity index (χ4n) is 4.28. The Hall–Kier alpha value is -0.979. The lowest BCUT2D eigenvalue weighted by atomic mass is 9.94. The van der Waals surface area contributed by atoms with Gasteiger partial charge in [-0.15, -0.1) is 0 Å². The highest BCUT2D eigenvalue weighted by Gasteiger charge is 2.49. The summed E-state index contributed by atoms with van der Waals surface area (Å²) in [5.74, 6) is 0.295. The normalized spacial score (nSPS) is 23.9. The molecule has 1 fully saturated rings.